The van der Waals surface area contributed by atoms with Gasteiger partial charge in [0.05, 0.1) is 16.3 Å². The molecule has 3 rings (SSSR count). The van der Waals surface area contributed by atoms with Crippen LogP contribution < -0.4 is 10.6 Å². The fourth-order valence-electron chi connectivity index (χ4n) is 2.51. The van der Waals surface area contributed by atoms with E-state index >= 15 is 0 Å². The van der Waals surface area contributed by atoms with Gasteiger partial charge >= 0.3 is 0 Å². The summed E-state index contributed by atoms with van der Waals surface area (Å²) in [5, 5.41) is 6.05. The van der Waals surface area contributed by atoms with Gasteiger partial charge < -0.3 is 10.6 Å². The zero-order chi connectivity index (χ0) is 13.6. The second-order valence-corrected chi connectivity index (χ2v) is 7.28. The minimum Gasteiger partial charge on any atom is -0.380 e. The largest absolute Gasteiger partial charge is 0.380 e. The number of fused-ring (bicyclic) bond motifs is 1. The van der Waals surface area contributed by atoms with Gasteiger partial charge in [-0.2, -0.15) is 0 Å². The minimum atomic E-state index is -3.36. The Morgan fingerprint density at radius 1 is 1.26 bits per heavy atom. The van der Waals surface area contributed by atoms with Crippen LogP contribution in [0.15, 0.2) is 23.1 Å². The molecule has 1 fully saturated rings. The van der Waals surface area contributed by atoms with Crippen molar-refractivity contribution in [3.05, 3.63) is 18.2 Å². The normalized spacial score (nSPS) is 23.0. The van der Waals surface area contributed by atoms with Crippen molar-refractivity contribution in [2.75, 3.05) is 16.9 Å². The number of amides is 1. The maximum absolute atomic E-state index is 11.9. The zero-order valence-corrected chi connectivity index (χ0v) is 11.5. The van der Waals surface area contributed by atoms with Gasteiger partial charge in [0.1, 0.15) is 0 Å². The van der Waals surface area contributed by atoms with Gasteiger partial charge in [0.2, 0.25) is 5.91 Å². The van der Waals surface area contributed by atoms with Crippen molar-refractivity contribution in [3.8, 4) is 0 Å². The van der Waals surface area contributed by atoms with E-state index in [1.165, 1.54) is 6.07 Å². The molecular weight excluding hydrogens is 264 g/mol. The Bertz CT molecular complexity index is 635. The molecule has 1 aliphatic heterocycles. The molecular formula is C13H16N2O3S. The van der Waals surface area contributed by atoms with Crippen LogP contribution in [-0.4, -0.2) is 26.6 Å². The predicted octanol–water partition coefficient (Wildman–Crippen LogP) is 1.62. The summed E-state index contributed by atoms with van der Waals surface area (Å²) in [4.78, 5) is 12.1. The van der Waals surface area contributed by atoms with Crippen LogP contribution in [0.3, 0.4) is 0 Å². The predicted molar refractivity (Wildman–Crippen MR) is 72.9 cm³/mol. The van der Waals surface area contributed by atoms with Gasteiger partial charge in [0.25, 0.3) is 0 Å². The molecule has 0 spiro atoms. The Kier molecular flexibility index (Phi) is 2.78. The SMILES string of the molecule is CS(=O)(=O)c1cccc2c1NC(=O)CC(C1CC1)N2. The molecule has 0 saturated heterocycles. The van der Waals surface area contributed by atoms with E-state index in [2.05, 4.69) is 10.6 Å². The van der Waals surface area contributed by atoms with Gasteiger partial charge in [-0.15, -0.1) is 0 Å². The Labute approximate surface area is 112 Å². The molecule has 5 nitrogen and oxygen atoms in total. The molecule has 2 N–H and O–H groups in total. The van der Waals surface area contributed by atoms with Crippen LogP contribution in [0.2, 0.25) is 0 Å². The van der Waals surface area contributed by atoms with E-state index in [1.807, 2.05) is 6.07 Å². The number of sulfone groups is 1. The van der Waals surface area contributed by atoms with Gasteiger partial charge in [-0.05, 0) is 30.9 Å². The summed E-state index contributed by atoms with van der Waals surface area (Å²) >= 11 is 0. The molecule has 1 aromatic rings. The molecule has 0 bridgehead atoms. The van der Waals surface area contributed by atoms with Gasteiger partial charge in [0.15, 0.2) is 9.84 Å². The third-order valence-corrected chi connectivity index (χ3v) is 4.77. The van der Waals surface area contributed by atoms with Crippen molar-refractivity contribution in [2.24, 2.45) is 5.92 Å². The average molecular weight is 280 g/mol. The first-order valence-electron chi connectivity index (χ1n) is 6.34. The van der Waals surface area contributed by atoms with Crippen LogP contribution >= 0.6 is 0 Å². The highest BCUT2D eigenvalue weighted by molar-refractivity contribution is 7.90. The number of benzene rings is 1. The Morgan fingerprint density at radius 3 is 2.63 bits per heavy atom. The van der Waals surface area contributed by atoms with Crippen LogP contribution in [0.5, 0.6) is 0 Å². The van der Waals surface area contributed by atoms with Crippen LogP contribution in [0, 0.1) is 5.92 Å². The lowest BCUT2D eigenvalue weighted by Crippen LogP contribution is -2.24. The van der Waals surface area contributed by atoms with Crippen LogP contribution in [-0.2, 0) is 14.6 Å². The highest BCUT2D eigenvalue weighted by atomic mass is 32.2. The third kappa shape index (κ3) is 2.45. The van der Waals surface area contributed by atoms with Crippen LogP contribution in [0.4, 0.5) is 11.4 Å². The third-order valence-electron chi connectivity index (χ3n) is 3.63. The van der Waals surface area contributed by atoms with Crippen molar-refractivity contribution >= 4 is 27.1 Å². The topological polar surface area (TPSA) is 75.3 Å². The molecule has 1 atom stereocenters. The molecule has 1 aromatic carbocycles. The molecule has 102 valence electrons. The van der Waals surface area contributed by atoms with Crippen molar-refractivity contribution in [1.29, 1.82) is 0 Å². The average Bonchev–Trinajstić information content (AvgIpc) is 3.11. The van der Waals surface area contributed by atoms with Gasteiger partial charge in [-0.25, -0.2) is 8.42 Å². The fourth-order valence-corrected chi connectivity index (χ4v) is 3.37. The molecule has 2 aliphatic rings. The summed E-state index contributed by atoms with van der Waals surface area (Å²) < 4.78 is 23.5. The van der Waals surface area contributed by atoms with E-state index in [-0.39, 0.29) is 16.8 Å². The lowest BCUT2D eigenvalue weighted by Gasteiger charge is -2.16. The monoisotopic (exact) mass is 280 g/mol. The summed E-state index contributed by atoms with van der Waals surface area (Å²) in [6.07, 6.45) is 3.80. The second kappa shape index (κ2) is 4.23. The lowest BCUT2D eigenvalue weighted by molar-refractivity contribution is -0.116. The van der Waals surface area contributed by atoms with E-state index < -0.39 is 9.84 Å². The summed E-state index contributed by atoms with van der Waals surface area (Å²) in [6.45, 7) is 0. The molecule has 19 heavy (non-hydrogen) atoms. The first-order chi connectivity index (χ1) is 8.95. The number of carbonyl (C=O) groups excluding carboxylic acids is 1. The molecule has 1 unspecified atom stereocenters. The Hall–Kier alpha value is -1.56. The summed E-state index contributed by atoms with van der Waals surface area (Å²) in [5.74, 6) is 0.401. The standard InChI is InChI=1S/C13H16N2O3S/c1-19(17,18)11-4-2-3-9-13(11)15-12(16)7-10(14-9)8-5-6-8/h2-4,8,10,14H,5-7H2,1H3,(H,15,16). The summed E-state index contributed by atoms with van der Waals surface area (Å²) in [5.41, 5.74) is 1.09. The smallest absolute Gasteiger partial charge is 0.226 e. The number of hydrogen-bond donors (Lipinski definition) is 2. The number of hydrogen-bond acceptors (Lipinski definition) is 4. The Balaban J connectivity index is 2.07. The first-order valence-corrected chi connectivity index (χ1v) is 8.24. The Morgan fingerprint density at radius 2 is 2.00 bits per heavy atom. The number of para-hydroxylation sites is 1. The molecule has 0 radical (unpaired) electrons. The quantitative estimate of drug-likeness (QED) is 0.863. The van der Waals surface area contributed by atoms with Gasteiger partial charge in [-0.1, -0.05) is 6.07 Å². The number of anilines is 2. The van der Waals surface area contributed by atoms with E-state index in [0.29, 0.717) is 23.7 Å². The summed E-state index contributed by atoms with van der Waals surface area (Å²) in [6, 6.07) is 5.14. The fraction of sp³-hybridized carbons (Fsp3) is 0.462. The van der Waals surface area contributed by atoms with E-state index in [9.17, 15) is 13.2 Å². The number of rotatable bonds is 2. The maximum Gasteiger partial charge on any atom is 0.226 e. The van der Waals surface area contributed by atoms with E-state index in [0.717, 1.165) is 19.1 Å². The molecule has 0 aromatic heterocycles. The number of nitrogens with one attached hydrogen (secondary N) is 2. The van der Waals surface area contributed by atoms with E-state index in [1.54, 1.807) is 6.07 Å². The molecule has 1 saturated carbocycles. The number of carbonyl (C=O) groups is 1. The second-order valence-electron chi connectivity index (χ2n) is 5.29. The van der Waals surface area contributed by atoms with Crippen molar-refractivity contribution in [1.82, 2.24) is 0 Å². The molecule has 1 heterocycles. The maximum atomic E-state index is 11.9. The minimum absolute atomic E-state index is 0.107. The van der Waals surface area contributed by atoms with Gasteiger partial charge in [0, 0.05) is 18.7 Å². The van der Waals surface area contributed by atoms with Crippen LogP contribution in [0.1, 0.15) is 19.3 Å². The van der Waals surface area contributed by atoms with Crippen molar-refractivity contribution < 1.29 is 13.2 Å². The molecule has 1 amide bonds. The van der Waals surface area contributed by atoms with Crippen LogP contribution in [0.25, 0.3) is 0 Å². The van der Waals surface area contributed by atoms with Gasteiger partial charge in [-0.3, -0.25) is 4.79 Å². The molecule has 1 aliphatic carbocycles. The highest BCUT2D eigenvalue weighted by Gasteiger charge is 2.35. The summed E-state index contributed by atoms with van der Waals surface area (Å²) in [7, 11) is -3.36. The lowest BCUT2D eigenvalue weighted by atomic mass is 10.1. The van der Waals surface area contributed by atoms with E-state index in [4.69, 9.17) is 0 Å². The van der Waals surface area contributed by atoms with Crippen molar-refractivity contribution in [2.45, 2.75) is 30.2 Å². The highest BCUT2D eigenvalue weighted by Crippen LogP contribution is 2.40. The zero-order valence-electron chi connectivity index (χ0n) is 10.6. The van der Waals surface area contributed by atoms with Crippen molar-refractivity contribution in [3.63, 3.8) is 0 Å². The first kappa shape index (κ1) is 12.5. The molecule has 6 heteroatoms.